The van der Waals surface area contributed by atoms with E-state index in [9.17, 15) is 5.11 Å². The third kappa shape index (κ3) is 2.88. The van der Waals surface area contributed by atoms with E-state index in [-0.39, 0.29) is 5.76 Å². The van der Waals surface area contributed by atoms with Crippen molar-refractivity contribution in [1.29, 1.82) is 0 Å². The zero-order chi connectivity index (χ0) is 14.8. The number of fused-ring (bicyclic) bond motifs is 1. The molecule has 0 aliphatic carbocycles. The summed E-state index contributed by atoms with van der Waals surface area (Å²) < 4.78 is 0. The Morgan fingerprint density at radius 1 is 1.00 bits per heavy atom. The van der Waals surface area contributed by atoms with E-state index in [1.165, 1.54) is 0 Å². The van der Waals surface area contributed by atoms with Gasteiger partial charge in [-0.15, -0.1) is 0 Å². The summed E-state index contributed by atoms with van der Waals surface area (Å²) in [4.78, 5) is 9.03. The van der Waals surface area contributed by atoms with Gasteiger partial charge in [-0.2, -0.15) is 0 Å². The number of hydrogen-bond donors (Lipinski definition) is 1. The van der Waals surface area contributed by atoms with Crippen LogP contribution in [0.3, 0.4) is 0 Å². The molecule has 0 bridgehead atoms. The second-order valence-electron chi connectivity index (χ2n) is 4.72. The second kappa shape index (κ2) is 5.54. The quantitative estimate of drug-likeness (QED) is 0.700. The van der Waals surface area contributed by atoms with Gasteiger partial charge in [0.2, 0.25) is 0 Å². The molecule has 0 saturated heterocycles. The molecule has 0 aliphatic rings. The van der Waals surface area contributed by atoms with Crippen LogP contribution < -0.4 is 0 Å². The number of aliphatic hydroxyl groups is 1. The number of benzene rings is 2. The molecule has 0 aliphatic heterocycles. The molecule has 104 valence electrons. The van der Waals surface area contributed by atoms with Gasteiger partial charge in [0.1, 0.15) is 5.76 Å². The predicted octanol–water partition coefficient (Wildman–Crippen LogP) is 4.65. The summed E-state index contributed by atoms with van der Waals surface area (Å²) in [7, 11) is 0. The highest BCUT2D eigenvalue weighted by atomic mass is 35.5. The molecule has 0 atom stereocenters. The molecule has 3 nitrogen and oxygen atoms in total. The lowest BCUT2D eigenvalue weighted by molar-refractivity contribution is 0.515. The Morgan fingerprint density at radius 3 is 2.29 bits per heavy atom. The minimum atomic E-state index is 0.138. The van der Waals surface area contributed by atoms with Crippen molar-refractivity contribution in [2.75, 3.05) is 0 Å². The molecule has 3 rings (SSSR count). The van der Waals surface area contributed by atoms with E-state index in [4.69, 9.17) is 11.6 Å². The molecule has 2 aromatic carbocycles. The van der Waals surface area contributed by atoms with Crippen molar-refractivity contribution in [3.8, 4) is 0 Å². The van der Waals surface area contributed by atoms with Crippen LogP contribution in [0, 0.1) is 6.92 Å². The molecule has 1 N–H and O–H groups in total. The number of hydrogen-bond acceptors (Lipinski definition) is 3. The molecule has 0 spiro atoms. The van der Waals surface area contributed by atoms with Gasteiger partial charge in [0.05, 0.1) is 22.4 Å². The molecule has 1 aromatic heterocycles. The SMILES string of the molecule is Cc1nc2ccccc2nc1/C=C(\O)c1ccc(Cl)cc1. The van der Waals surface area contributed by atoms with Crippen molar-refractivity contribution in [2.45, 2.75) is 6.92 Å². The largest absolute Gasteiger partial charge is 0.507 e. The molecule has 0 fully saturated rings. The van der Waals surface area contributed by atoms with Crippen LogP contribution in [0.4, 0.5) is 0 Å². The minimum Gasteiger partial charge on any atom is -0.507 e. The minimum absolute atomic E-state index is 0.138. The summed E-state index contributed by atoms with van der Waals surface area (Å²) in [5.74, 6) is 0.138. The maximum atomic E-state index is 10.2. The average molecular weight is 297 g/mol. The zero-order valence-corrected chi connectivity index (χ0v) is 12.2. The van der Waals surface area contributed by atoms with Gasteiger partial charge in [0.15, 0.2) is 0 Å². The van der Waals surface area contributed by atoms with Crippen LogP contribution in [0.1, 0.15) is 17.0 Å². The van der Waals surface area contributed by atoms with Gasteiger partial charge >= 0.3 is 0 Å². The Labute approximate surface area is 127 Å². The van der Waals surface area contributed by atoms with Crippen LogP contribution in [0.2, 0.25) is 5.02 Å². The first-order chi connectivity index (χ1) is 10.1. The van der Waals surface area contributed by atoms with Gasteiger partial charge in [-0.3, -0.25) is 0 Å². The Bertz CT molecular complexity index is 826. The Balaban J connectivity index is 2.05. The fourth-order valence-corrected chi connectivity index (χ4v) is 2.20. The number of para-hydroxylation sites is 2. The van der Waals surface area contributed by atoms with Gasteiger partial charge < -0.3 is 5.11 Å². The smallest absolute Gasteiger partial charge is 0.125 e. The highest BCUT2D eigenvalue weighted by Crippen LogP contribution is 2.20. The van der Waals surface area contributed by atoms with Crippen molar-refractivity contribution in [3.05, 3.63) is 70.5 Å². The molecular weight excluding hydrogens is 284 g/mol. The van der Waals surface area contributed by atoms with E-state index >= 15 is 0 Å². The monoisotopic (exact) mass is 296 g/mol. The van der Waals surface area contributed by atoms with Crippen LogP contribution in [-0.2, 0) is 0 Å². The van der Waals surface area contributed by atoms with Crippen molar-refractivity contribution < 1.29 is 5.11 Å². The van der Waals surface area contributed by atoms with Crippen molar-refractivity contribution in [1.82, 2.24) is 9.97 Å². The first-order valence-corrected chi connectivity index (χ1v) is 6.91. The molecule has 3 aromatic rings. The first kappa shape index (κ1) is 13.6. The normalized spacial score (nSPS) is 11.8. The van der Waals surface area contributed by atoms with Gasteiger partial charge in [-0.1, -0.05) is 23.7 Å². The lowest BCUT2D eigenvalue weighted by Gasteiger charge is -2.04. The number of nitrogens with zero attached hydrogens (tertiary/aromatic N) is 2. The maximum Gasteiger partial charge on any atom is 0.125 e. The van der Waals surface area contributed by atoms with E-state index < -0.39 is 0 Å². The molecule has 0 unspecified atom stereocenters. The van der Waals surface area contributed by atoms with Crippen LogP contribution in [0.25, 0.3) is 22.9 Å². The highest BCUT2D eigenvalue weighted by Gasteiger charge is 2.05. The van der Waals surface area contributed by atoms with Crippen LogP contribution in [0.5, 0.6) is 0 Å². The number of rotatable bonds is 2. The van der Waals surface area contributed by atoms with Crippen molar-refractivity contribution in [2.24, 2.45) is 0 Å². The summed E-state index contributed by atoms with van der Waals surface area (Å²) in [5.41, 5.74) is 3.76. The first-order valence-electron chi connectivity index (χ1n) is 6.53. The van der Waals surface area contributed by atoms with Gasteiger partial charge in [-0.05, 0) is 43.3 Å². The predicted molar refractivity (Wildman–Crippen MR) is 86.2 cm³/mol. The summed E-state index contributed by atoms with van der Waals surface area (Å²) in [6.07, 6.45) is 1.62. The van der Waals surface area contributed by atoms with E-state index in [1.807, 2.05) is 31.2 Å². The second-order valence-corrected chi connectivity index (χ2v) is 5.16. The summed E-state index contributed by atoms with van der Waals surface area (Å²) in [6, 6.07) is 14.7. The number of aryl methyl sites for hydroxylation is 1. The average Bonchev–Trinajstić information content (AvgIpc) is 2.48. The maximum absolute atomic E-state index is 10.2. The molecule has 1 heterocycles. The van der Waals surface area contributed by atoms with E-state index in [0.717, 1.165) is 16.7 Å². The Morgan fingerprint density at radius 2 is 1.62 bits per heavy atom. The van der Waals surface area contributed by atoms with Crippen LogP contribution in [-0.4, -0.2) is 15.1 Å². The lowest BCUT2D eigenvalue weighted by atomic mass is 10.1. The molecular formula is C17H13ClN2O. The Kier molecular flexibility index (Phi) is 3.59. The summed E-state index contributed by atoms with van der Waals surface area (Å²) >= 11 is 5.84. The van der Waals surface area contributed by atoms with Crippen molar-refractivity contribution in [3.63, 3.8) is 0 Å². The van der Waals surface area contributed by atoms with Gasteiger partial charge in [0.25, 0.3) is 0 Å². The number of aromatic nitrogens is 2. The van der Waals surface area contributed by atoms with Crippen molar-refractivity contribution >= 4 is 34.5 Å². The summed E-state index contributed by atoms with van der Waals surface area (Å²) in [5, 5.41) is 10.8. The number of aliphatic hydroxyl groups excluding tert-OH is 1. The van der Waals surface area contributed by atoms with E-state index in [1.54, 1.807) is 30.3 Å². The molecule has 0 saturated carbocycles. The highest BCUT2D eigenvalue weighted by molar-refractivity contribution is 6.30. The molecule has 4 heteroatoms. The third-order valence-electron chi connectivity index (χ3n) is 3.19. The lowest BCUT2D eigenvalue weighted by Crippen LogP contribution is -1.94. The van der Waals surface area contributed by atoms with E-state index in [2.05, 4.69) is 9.97 Å². The summed E-state index contributed by atoms with van der Waals surface area (Å²) in [6.45, 7) is 1.88. The Hall–Kier alpha value is -2.39. The zero-order valence-electron chi connectivity index (χ0n) is 11.4. The van der Waals surface area contributed by atoms with Gasteiger partial charge in [0, 0.05) is 16.7 Å². The molecule has 21 heavy (non-hydrogen) atoms. The fourth-order valence-electron chi connectivity index (χ4n) is 2.07. The topological polar surface area (TPSA) is 46.0 Å². The molecule has 0 amide bonds. The number of halogens is 1. The third-order valence-corrected chi connectivity index (χ3v) is 3.45. The van der Waals surface area contributed by atoms with Crippen LogP contribution in [0.15, 0.2) is 48.5 Å². The van der Waals surface area contributed by atoms with E-state index in [0.29, 0.717) is 16.3 Å². The van der Waals surface area contributed by atoms with Gasteiger partial charge in [-0.25, -0.2) is 9.97 Å². The standard InChI is InChI=1S/C17H13ClN2O/c1-11-16(20-15-5-3-2-4-14(15)19-11)10-17(21)12-6-8-13(18)9-7-12/h2-10,21H,1H3/b17-10-. The molecule has 0 radical (unpaired) electrons. The fraction of sp³-hybridized carbons (Fsp3) is 0.0588. The van der Waals surface area contributed by atoms with Crippen LogP contribution >= 0.6 is 11.6 Å².